The number of aryl methyl sites for hydroxylation is 1. The summed E-state index contributed by atoms with van der Waals surface area (Å²) in [6.07, 6.45) is 1.28. The third-order valence-electron chi connectivity index (χ3n) is 6.21. The normalized spacial score (nSPS) is 13.5. The molecule has 4 aromatic rings. The molecule has 1 aliphatic rings. The summed E-state index contributed by atoms with van der Waals surface area (Å²) < 4.78 is 6.30. The Morgan fingerprint density at radius 1 is 0.967 bits per heavy atom. The van der Waals surface area contributed by atoms with Crippen LogP contribution in [0.25, 0.3) is 22.4 Å². The van der Waals surface area contributed by atoms with Crippen LogP contribution in [0.4, 0.5) is 5.69 Å². The minimum atomic E-state index is 0.560. The van der Waals surface area contributed by atoms with E-state index in [9.17, 15) is 0 Å². The lowest BCUT2D eigenvalue weighted by molar-refractivity contribution is 0.302. The van der Waals surface area contributed by atoms with Crippen molar-refractivity contribution < 1.29 is 4.74 Å². The zero-order chi connectivity index (χ0) is 20.7. The van der Waals surface area contributed by atoms with Crippen LogP contribution in [0.2, 0.25) is 0 Å². The van der Waals surface area contributed by atoms with Gasteiger partial charge in [0.15, 0.2) is 0 Å². The van der Waals surface area contributed by atoms with Crippen molar-refractivity contribution in [2.75, 3.05) is 18.0 Å². The summed E-state index contributed by atoms with van der Waals surface area (Å²) in [4.78, 5) is 10.8. The smallest absolute Gasteiger partial charge is 0.138 e. The standard InChI is InChI=1S/C26H27N3O/c1-17-14-22(19(3)25(18(17)2)30-16-20-8-5-4-6-9-20)26-27-23-11-10-21(15-24(23)28-26)29-12-7-13-29/h4-6,8-11,14-15H,7,12-13,16H2,1-3H3,(H,27,28). The highest BCUT2D eigenvalue weighted by Gasteiger charge is 2.18. The van der Waals surface area contributed by atoms with Crippen LogP contribution in [0.5, 0.6) is 5.75 Å². The van der Waals surface area contributed by atoms with Crippen molar-refractivity contribution in [3.05, 3.63) is 76.9 Å². The van der Waals surface area contributed by atoms with E-state index < -0.39 is 0 Å². The molecule has 30 heavy (non-hydrogen) atoms. The molecular weight excluding hydrogens is 370 g/mol. The van der Waals surface area contributed by atoms with Gasteiger partial charge in [-0.2, -0.15) is 0 Å². The van der Waals surface area contributed by atoms with E-state index in [1.54, 1.807) is 0 Å². The second-order valence-corrected chi connectivity index (χ2v) is 8.22. The molecular formula is C26H27N3O. The fourth-order valence-electron chi connectivity index (χ4n) is 4.10. The average Bonchev–Trinajstić information content (AvgIpc) is 3.13. The lowest BCUT2D eigenvalue weighted by atomic mass is 9.98. The molecule has 0 saturated carbocycles. The van der Waals surface area contributed by atoms with Gasteiger partial charge in [-0.25, -0.2) is 4.98 Å². The third-order valence-corrected chi connectivity index (χ3v) is 6.21. The van der Waals surface area contributed by atoms with E-state index in [1.165, 1.54) is 28.8 Å². The van der Waals surface area contributed by atoms with Crippen molar-refractivity contribution in [2.45, 2.75) is 33.8 Å². The van der Waals surface area contributed by atoms with Gasteiger partial charge in [0.2, 0.25) is 0 Å². The second-order valence-electron chi connectivity index (χ2n) is 8.22. The van der Waals surface area contributed by atoms with Gasteiger partial charge < -0.3 is 14.6 Å². The van der Waals surface area contributed by atoms with Crippen LogP contribution in [0, 0.1) is 20.8 Å². The number of aromatic amines is 1. The molecule has 0 aliphatic carbocycles. The van der Waals surface area contributed by atoms with E-state index in [4.69, 9.17) is 9.72 Å². The number of nitrogens with zero attached hydrogens (tertiary/aromatic N) is 2. The van der Waals surface area contributed by atoms with Gasteiger partial charge in [0.05, 0.1) is 11.0 Å². The van der Waals surface area contributed by atoms with E-state index in [0.717, 1.165) is 46.8 Å². The van der Waals surface area contributed by atoms with Crippen molar-refractivity contribution in [3.8, 4) is 17.1 Å². The molecule has 1 saturated heterocycles. The summed E-state index contributed by atoms with van der Waals surface area (Å²) in [5.41, 5.74) is 9.13. The molecule has 0 spiro atoms. The summed E-state index contributed by atoms with van der Waals surface area (Å²) in [5.74, 6) is 1.85. The van der Waals surface area contributed by atoms with Crippen LogP contribution in [0.15, 0.2) is 54.6 Å². The van der Waals surface area contributed by atoms with E-state index in [1.807, 2.05) is 18.2 Å². The second kappa shape index (κ2) is 7.52. The molecule has 152 valence electrons. The Balaban J connectivity index is 1.51. The molecule has 1 aromatic heterocycles. The maximum atomic E-state index is 6.30. The molecule has 0 atom stereocenters. The largest absolute Gasteiger partial charge is 0.488 e. The molecule has 2 heterocycles. The number of hydrogen-bond donors (Lipinski definition) is 1. The summed E-state index contributed by atoms with van der Waals surface area (Å²) in [6.45, 7) is 9.24. The van der Waals surface area contributed by atoms with Gasteiger partial charge in [-0.05, 0) is 68.1 Å². The quantitative estimate of drug-likeness (QED) is 0.453. The topological polar surface area (TPSA) is 41.2 Å². The van der Waals surface area contributed by atoms with Crippen molar-refractivity contribution >= 4 is 16.7 Å². The number of H-pyrrole nitrogens is 1. The Kier molecular flexibility index (Phi) is 4.70. The lowest BCUT2D eigenvalue weighted by Crippen LogP contribution is -2.36. The van der Waals surface area contributed by atoms with Gasteiger partial charge in [-0.15, -0.1) is 0 Å². The van der Waals surface area contributed by atoms with Crippen LogP contribution in [0.1, 0.15) is 28.7 Å². The highest BCUT2D eigenvalue weighted by molar-refractivity contribution is 5.84. The monoisotopic (exact) mass is 397 g/mol. The van der Waals surface area contributed by atoms with E-state index in [2.05, 4.69) is 67.1 Å². The highest BCUT2D eigenvalue weighted by atomic mass is 16.5. The van der Waals surface area contributed by atoms with Gasteiger partial charge in [-0.3, -0.25) is 0 Å². The molecule has 4 heteroatoms. The minimum Gasteiger partial charge on any atom is -0.488 e. The average molecular weight is 398 g/mol. The van der Waals surface area contributed by atoms with Crippen LogP contribution >= 0.6 is 0 Å². The Bertz CT molecular complexity index is 1210. The summed E-state index contributed by atoms with van der Waals surface area (Å²) >= 11 is 0. The number of benzene rings is 3. The molecule has 5 rings (SSSR count). The molecule has 0 bridgehead atoms. The molecule has 1 N–H and O–H groups in total. The SMILES string of the molecule is Cc1cc(-c2nc3ccc(N4CCC4)cc3[nH]2)c(C)c(OCc2ccccc2)c1C. The minimum absolute atomic E-state index is 0.560. The molecule has 1 fully saturated rings. The Morgan fingerprint density at radius 2 is 1.77 bits per heavy atom. The highest BCUT2D eigenvalue weighted by Crippen LogP contribution is 2.36. The van der Waals surface area contributed by atoms with E-state index in [-0.39, 0.29) is 0 Å². The molecule has 3 aromatic carbocycles. The number of anilines is 1. The van der Waals surface area contributed by atoms with Gasteiger partial charge in [-0.1, -0.05) is 30.3 Å². The van der Waals surface area contributed by atoms with Crippen molar-refractivity contribution in [2.24, 2.45) is 0 Å². The van der Waals surface area contributed by atoms with Crippen LogP contribution in [-0.4, -0.2) is 23.1 Å². The first-order chi connectivity index (χ1) is 14.6. The molecule has 0 amide bonds. The first kappa shape index (κ1) is 18.7. The summed E-state index contributed by atoms with van der Waals surface area (Å²) in [5, 5.41) is 0. The fraction of sp³-hybridized carbons (Fsp3) is 0.269. The van der Waals surface area contributed by atoms with Crippen LogP contribution in [0.3, 0.4) is 0 Å². The molecule has 0 unspecified atom stereocenters. The van der Waals surface area contributed by atoms with Crippen molar-refractivity contribution in [3.63, 3.8) is 0 Å². The van der Waals surface area contributed by atoms with Gasteiger partial charge in [0.25, 0.3) is 0 Å². The molecule has 1 aliphatic heterocycles. The number of aromatic nitrogens is 2. The summed E-state index contributed by atoms with van der Waals surface area (Å²) in [6, 6.07) is 19.0. The maximum absolute atomic E-state index is 6.30. The van der Waals surface area contributed by atoms with Gasteiger partial charge in [0.1, 0.15) is 18.2 Å². The lowest BCUT2D eigenvalue weighted by Gasteiger charge is -2.33. The van der Waals surface area contributed by atoms with Gasteiger partial charge in [0, 0.05) is 29.9 Å². The van der Waals surface area contributed by atoms with E-state index in [0.29, 0.717) is 6.61 Å². The Labute approximate surface area is 177 Å². The van der Waals surface area contributed by atoms with Crippen LogP contribution < -0.4 is 9.64 Å². The fourth-order valence-corrected chi connectivity index (χ4v) is 4.10. The number of fused-ring (bicyclic) bond motifs is 1. The number of imidazole rings is 1. The predicted molar refractivity (Wildman–Crippen MR) is 123 cm³/mol. The third kappa shape index (κ3) is 3.32. The first-order valence-corrected chi connectivity index (χ1v) is 10.6. The van der Waals surface area contributed by atoms with Crippen molar-refractivity contribution in [1.82, 2.24) is 9.97 Å². The molecule has 0 radical (unpaired) electrons. The number of nitrogens with one attached hydrogen (secondary N) is 1. The zero-order valence-electron chi connectivity index (χ0n) is 17.8. The number of ether oxygens (including phenoxy) is 1. The van der Waals surface area contributed by atoms with Crippen molar-refractivity contribution in [1.29, 1.82) is 0 Å². The Hall–Kier alpha value is -3.27. The summed E-state index contributed by atoms with van der Waals surface area (Å²) in [7, 11) is 0. The zero-order valence-corrected chi connectivity index (χ0v) is 17.8. The molecule has 4 nitrogen and oxygen atoms in total. The Morgan fingerprint density at radius 3 is 2.50 bits per heavy atom. The predicted octanol–water partition coefficient (Wildman–Crippen LogP) is 5.94. The van der Waals surface area contributed by atoms with E-state index >= 15 is 0 Å². The maximum Gasteiger partial charge on any atom is 0.138 e. The first-order valence-electron chi connectivity index (χ1n) is 10.6. The van der Waals surface area contributed by atoms with Crippen LogP contribution in [-0.2, 0) is 6.61 Å². The van der Waals surface area contributed by atoms with Gasteiger partial charge >= 0.3 is 0 Å². The number of hydrogen-bond acceptors (Lipinski definition) is 3. The number of rotatable bonds is 5.